The van der Waals surface area contributed by atoms with Gasteiger partial charge in [-0.1, -0.05) is 55.9 Å². The molecule has 1 unspecified atom stereocenters. The number of nitrogens with zero attached hydrogens (tertiary/aromatic N) is 2. The predicted molar refractivity (Wildman–Crippen MR) is 127 cm³/mol. The van der Waals surface area contributed by atoms with Gasteiger partial charge in [-0.3, -0.25) is 9.36 Å². The summed E-state index contributed by atoms with van der Waals surface area (Å²) < 4.78 is 1.10. The first kappa shape index (κ1) is 22.4. The fourth-order valence-electron chi connectivity index (χ4n) is 3.92. The first-order chi connectivity index (χ1) is 15.2. The standard InChI is InChI=1S/C25H29N3O3S/c1-15(2)21(22(29)30)27-23(31)25(3,4)32-24-26-13-14-28(24)20-12-11-17(16-9-10-16)18-7-5-6-8-19(18)20/h5-8,11-16,21H,9-10H2,1-4H3,(H,27,31)(H,29,30). The van der Waals surface area contributed by atoms with Crippen LogP contribution in [0.5, 0.6) is 0 Å². The van der Waals surface area contributed by atoms with Gasteiger partial charge >= 0.3 is 5.97 Å². The van der Waals surface area contributed by atoms with Crippen molar-refractivity contribution >= 4 is 34.4 Å². The number of carbonyl (C=O) groups is 2. The summed E-state index contributed by atoms with van der Waals surface area (Å²) in [6.07, 6.45) is 6.12. The van der Waals surface area contributed by atoms with Gasteiger partial charge in [0.15, 0.2) is 5.16 Å². The minimum atomic E-state index is -1.03. The van der Waals surface area contributed by atoms with Crippen molar-refractivity contribution in [3.8, 4) is 5.69 Å². The van der Waals surface area contributed by atoms with E-state index in [2.05, 4.69) is 40.6 Å². The van der Waals surface area contributed by atoms with Crippen LogP contribution in [0.4, 0.5) is 0 Å². The highest BCUT2D eigenvalue weighted by molar-refractivity contribution is 8.01. The van der Waals surface area contributed by atoms with Gasteiger partial charge in [0.05, 0.1) is 10.4 Å². The van der Waals surface area contributed by atoms with Crippen molar-refractivity contribution in [3.63, 3.8) is 0 Å². The summed E-state index contributed by atoms with van der Waals surface area (Å²) in [6, 6.07) is 11.8. The zero-order chi connectivity index (χ0) is 23.0. The summed E-state index contributed by atoms with van der Waals surface area (Å²) in [5.41, 5.74) is 2.42. The molecule has 0 saturated heterocycles. The number of carbonyl (C=O) groups excluding carboxylic acids is 1. The number of amides is 1. The van der Waals surface area contributed by atoms with Crippen LogP contribution in [0, 0.1) is 5.92 Å². The van der Waals surface area contributed by atoms with Crippen LogP contribution in [-0.4, -0.2) is 37.3 Å². The van der Waals surface area contributed by atoms with Gasteiger partial charge in [0.25, 0.3) is 0 Å². The van der Waals surface area contributed by atoms with E-state index in [0.29, 0.717) is 11.1 Å². The Balaban J connectivity index is 1.64. The van der Waals surface area contributed by atoms with Gasteiger partial charge in [-0.15, -0.1) is 0 Å². The van der Waals surface area contributed by atoms with Gasteiger partial charge in [-0.2, -0.15) is 0 Å². The van der Waals surface area contributed by atoms with E-state index in [9.17, 15) is 14.7 Å². The Morgan fingerprint density at radius 1 is 1.16 bits per heavy atom. The highest BCUT2D eigenvalue weighted by Gasteiger charge is 2.35. The third-order valence-electron chi connectivity index (χ3n) is 5.93. The highest BCUT2D eigenvalue weighted by atomic mass is 32.2. The van der Waals surface area contributed by atoms with Crippen LogP contribution >= 0.6 is 11.8 Å². The van der Waals surface area contributed by atoms with Crippen LogP contribution in [0.25, 0.3) is 16.5 Å². The minimum absolute atomic E-state index is 0.212. The van der Waals surface area contributed by atoms with Gasteiger partial charge < -0.3 is 10.4 Å². The Morgan fingerprint density at radius 2 is 1.84 bits per heavy atom. The second-order valence-corrected chi connectivity index (χ2v) is 10.8. The zero-order valence-corrected chi connectivity index (χ0v) is 19.6. The van der Waals surface area contributed by atoms with Crippen molar-refractivity contribution in [1.82, 2.24) is 14.9 Å². The second kappa shape index (κ2) is 8.62. The van der Waals surface area contributed by atoms with E-state index in [1.807, 2.05) is 16.8 Å². The third kappa shape index (κ3) is 4.39. The van der Waals surface area contributed by atoms with Crippen LogP contribution in [0.1, 0.15) is 52.0 Å². The quantitative estimate of drug-likeness (QED) is 0.471. The Hall–Kier alpha value is -2.80. The average molecular weight is 452 g/mol. The molecule has 1 heterocycles. The molecule has 7 heteroatoms. The number of hydrogen-bond donors (Lipinski definition) is 2. The lowest BCUT2D eigenvalue weighted by atomic mass is 9.99. The van der Waals surface area contributed by atoms with Crippen molar-refractivity contribution < 1.29 is 14.7 Å². The van der Waals surface area contributed by atoms with Crippen molar-refractivity contribution in [1.29, 1.82) is 0 Å². The van der Waals surface area contributed by atoms with Crippen molar-refractivity contribution in [2.75, 3.05) is 0 Å². The Labute approximate surface area is 192 Å². The van der Waals surface area contributed by atoms with Crippen LogP contribution in [0.15, 0.2) is 53.9 Å². The lowest BCUT2D eigenvalue weighted by Crippen LogP contribution is -2.50. The molecule has 1 atom stereocenters. The molecule has 4 rings (SSSR count). The van der Waals surface area contributed by atoms with E-state index >= 15 is 0 Å². The maximum atomic E-state index is 13.0. The van der Waals surface area contributed by atoms with Crippen LogP contribution in [0.2, 0.25) is 0 Å². The molecule has 1 aliphatic rings. The third-order valence-corrected chi connectivity index (χ3v) is 7.11. The monoisotopic (exact) mass is 451 g/mol. The molecule has 2 N–H and O–H groups in total. The Morgan fingerprint density at radius 3 is 2.47 bits per heavy atom. The summed E-state index contributed by atoms with van der Waals surface area (Å²) in [6.45, 7) is 7.14. The van der Waals surface area contributed by atoms with E-state index in [1.165, 1.54) is 35.6 Å². The summed E-state index contributed by atoms with van der Waals surface area (Å²) in [4.78, 5) is 29.0. The summed E-state index contributed by atoms with van der Waals surface area (Å²) >= 11 is 1.33. The Kier molecular flexibility index (Phi) is 6.03. The molecule has 6 nitrogen and oxygen atoms in total. The number of aliphatic carboxylic acids is 1. The number of imidazole rings is 1. The molecule has 3 aromatic rings. The maximum Gasteiger partial charge on any atom is 0.326 e. The van der Waals surface area contributed by atoms with Gasteiger partial charge in [-0.25, -0.2) is 9.78 Å². The molecule has 1 fully saturated rings. The Bertz CT molecular complexity index is 1160. The molecule has 0 bridgehead atoms. The van der Waals surface area contributed by atoms with Crippen molar-refractivity contribution in [2.45, 2.75) is 62.4 Å². The van der Waals surface area contributed by atoms with E-state index in [4.69, 9.17) is 0 Å². The number of carboxylic acids is 1. The van der Waals surface area contributed by atoms with Gasteiger partial charge in [-0.05, 0) is 55.5 Å². The summed E-state index contributed by atoms with van der Waals surface area (Å²) in [5, 5.41) is 15.2. The van der Waals surface area contributed by atoms with E-state index in [1.54, 1.807) is 33.9 Å². The molecule has 1 aliphatic carbocycles. The molecule has 168 valence electrons. The van der Waals surface area contributed by atoms with E-state index < -0.39 is 16.8 Å². The molecule has 2 aromatic carbocycles. The first-order valence-corrected chi connectivity index (χ1v) is 11.8. The maximum absolute atomic E-state index is 13.0. The molecule has 0 radical (unpaired) electrons. The smallest absolute Gasteiger partial charge is 0.326 e. The van der Waals surface area contributed by atoms with Crippen LogP contribution in [-0.2, 0) is 9.59 Å². The molecule has 1 saturated carbocycles. The fraction of sp³-hybridized carbons (Fsp3) is 0.400. The summed E-state index contributed by atoms with van der Waals surface area (Å²) in [7, 11) is 0. The lowest BCUT2D eigenvalue weighted by Gasteiger charge is -2.26. The molecule has 32 heavy (non-hydrogen) atoms. The number of thioether (sulfide) groups is 1. The molecule has 0 spiro atoms. The predicted octanol–water partition coefficient (Wildman–Crippen LogP) is 5.00. The van der Waals surface area contributed by atoms with E-state index in [0.717, 1.165) is 11.1 Å². The highest BCUT2D eigenvalue weighted by Crippen LogP contribution is 2.44. The second-order valence-electron chi connectivity index (χ2n) is 9.22. The van der Waals surface area contributed by atoms with Crippen LogP contribution < -0.4 is 5.32 Å². The summed E-state index contributed by atoms with van der Waals surface area (Å²) in [5.74, 6) is -0.920. The molecular weight excluding hydrogens is 422 g/mol. The van der Waals surface area contributed by atoms with Gasteiger partial charge in [0.1, 0.15) is 6.04 Å². The number of carboxylic acid groups (broad SMARTS) is 1. The first-order valence-electron chi connectivity index (χ1n) is 11.0. The van der Waals surface area contributed by atoms with Crippen LogP contribution in [0.3, 0.4) is 0 Å². The molecular formula is C25H29N3O3S. The SMILES string of the molecule is CC(C)C(NC(=O)C(C)(C)Sc1nccn1-c1ccc(C2CC2)c2ccccc12)C(=O)O. The number of hydrogen-bond acceptors (Lipinski definition) is 4. The molecule has 1 amide bonds. The zero-order valence-electron chi connectivity index (χ0n) is 18.8. The van der Waals surface area contributed by atoms with Gasteiger partial charge in [0.2, 0.25) is 5.91 Å². The van der Waals surface area contributed by atoms with Crippen molar-refractivity contribution in [3.05, 3.63) is 54.4 Å². The number of aromatic nitrogens is 2. The average Bonchev–Trinajstić information content (AvgIpc) is 3.49. The number of rotatable bonds is 8. The lowest BCUT2D eigenvalue weighted by molar-refractivity contribution is -0.143. The fourth-order valence-corrected chi connectivity index (χ4v) is 4.90. The van der Waals surface area contributed by atoms with Crippen molar-refractivity contribution in [2.24, 2.45) is 5.92 Å². The topological polar surface area (TPSA) is 84.2 Å². The van der Waals surface area contributed by atoms with Gasteiger partial charge in [0, 0.05) is 17.8 Å². The number of benzene rings is 2. The largest absolute Gasteiger partial charge is 0.480 e. The number of nitrogens with one attached hydrogen (secondary N) is 1. The minimum Gasteiger partial charge on any atom is -0.480 e. The number of fused-ring (bicyclic) bond motifs is 1. The molecule has 1 aromatic heterocycles. The van der Waals surface area contributed by atoms with E-state index in [-0.39, 0.29) is 11.8 Å². The molecule has 0 aliphatic heterocycles. The normalized spacial score (nSPS) is 15.2.